The molecule has 16 heavy (non-hydrogen) atoms. The largest absolute Gasteiger partial charge is 0.310 e. The molecule has 0 spiro atoms. The standard InChI is InChI=1S/C8H16N2O4S2/c1-2-16(13,14)10-4-3-9-7-5-15(11,12)6-8(7)10/h7-9H,2-6H2,1H3/t7-,8+/m1/s1. The van der Waals surface area contributed by atoms with Gasteiger partial charge in [-0.05, 0) is 6.92 Å². The predicted molar refractivity (Wildman–Crippen MR) is 60.4 cm³/mol. The van der Waals surface area contributed by atoms with Gasteiger partial charge in [-0.1, -0.05) is 0 Å². The van der Waals surface area contributed by atoms with Crippen molar-refractivity contribution in [1.82, 2.24) is 9.62 Å². The average Bonchev–Trinajstić information content (AvgIpc) is 2.50. The molecule has 2 aliphatic heterocycles. The van der Waals surface area contributed by atoms with E-state index in [1.165, 1.54) is 4.31 Å². The first kappa shape index (κ1) is 12.3. The van der Waals surface area contributed by atoms with Crippen LogP contribution in [0.4, 0.5) is 0 Å². The highest BCUT2D eigenvalue weighted by Gasteiger charge is 2.46. The fourth-order valence-electron chi connectivity index (χ4n) is 2.34. The summed E-state index contributed by atoms with van der Waals surface area (Å²) >= 11 is 0. The molecule has 0 aromatic rings. The molecule has 1 N–H and O–H groups in total. The summed E-state index contributed by atoms with van der Waals surface area (Å²) in [6.45, 7) is 2.47. The van der Waals surface area contributed by atoms with Crippen LogP contribution in [0.1, 0.15) is 6.92 Å². The number of hydrogen-bond acceptors (Lipinski definition) is 5. The fourth-order valence-corrected chi connectivity index (χ4v) is 5.73. The van der Waals surface area contributed by atoms with Gasteiger partial charge in [0.2, 0.25) is 10.0 Å². The first-order valence-corrected chi connectivity index (χ1v) is 8.72. The van der Waals surface area contributed by atoms with Gasteiger partial charge in [-0.15, -0.1) is 0 Å². The van der Waals surface area contributed by atoms with Gasteiger partial charge in [0, 0.05) is 19.1 Å². The third-order valence-corrected chi connectivity index (χ3v) is 6.77. The summed E-state index contributed by atoms with van der Waals surface area (Å²) < 4.78 is 48.0. The van der Waals surface area contributed by atoms with E-state index in [1.54, 1.807) is 6.92 Å². The summed E-state index contributed by atoms with van der Waals surface area (Å²) in [5, 5.41) is 3.08. The number of piperazine rings is 1. The van der Waals surface area contributed by atoms with Crippen molar-refractivity contribution in [3.8, 4) is 0 Å². The lowest BCUT2D eigenvalue weighted by Crippen LogP contribution is -2.59. The first-order chi connectivity index (χ1) is 7.36. The second-order valence-corrected chi connectivity index (χ2v) is 8.58. The van der Waals surface area contributed by atoms with Crippen LogP contribution in [0.2, 0.25) is 0 Å². The van der Waals surface area contributed by atoms with Crippen LogP contribution in [0.5, 0.6) is 0 Å². The molecule has 0 saturated carbocycles. The molecule has 2 rings (SSSR count). The smallest absolute Gasteiger partial charge is 0.214 e. The van der Waals surface area contributed by atoms with Gasteiger partial charge in [-0.3, -0.25) is 0 Å². The Hall–Kier alpha value is -0.180. The first-order valence-electron chi connectivity index (χ1n) is 5.29. The van der Waals surface area contributed by atoms with E-state index in [9.17, 15) is 16.8 Å². The highest BCUT2D eigenvalue weighted by atomic mass is 32.2. The van der Waals surface area contributed by atoms with Crippen molar-refractivity contribution in [3.63, 3.8) is 0 Å². The maximum atomic E-state index is 11.8. The van der Waals surface area contributed by atoms with Crippen molar-refractivity contribution >= 4 is 19.9 Å². The van der Waals surface area contributed by atoms with Gasteiger partial charge in [-0.25, -0.2) is 16.8 Å². The predicted octanol–water partition coefficient (Wildman–Crippen LogP) is -1.59. The van der Waals surface area contributed by atoms with Gasteiger partial charge in [0.1, 0.15) is 0 Å². The Bertz CT molecular complexity index is 470. The van der Waals surface area contributed by atoms with E-state index in [2.05, 4.69) is 5.32 Å². The number of nitrogens with one attached hydrogen (secondary N) is 1. The van der Waals surface area contributed by atoms with E-state index in [-0.39, 0.29) is 23.3 Å². The summed E-state index contributed by atoms with van der Waals surface area (Å²) in [6, 6.07) is -0.649. The molecule has 0 aromatic carbocycles. The minimum atomic E-state index is -3.30. The second kappa shape index (κ2) is 3.94. The molecule has 2 atom stereocenters. The molecule has 0 aromatic heterocycles. The van der Waals surface area contributed by atoms with Crippen molar-refractivity contribution in [3.05, 3.63) is 0 Å². The molecule has 0 radical (unpaired) electrons. The van der Waals surface area contributed by atoms with Crippen molar-refractivity contribution in [1.29, 1.82) is 0 Å². The number of sulfone groups is 1. The highest BCUT2D eigenvalue weighted by Crippen LogP contribution is 2.23. The third kappa shape index (κ3) is 2.11. The van der Waals surface area contributed by atoms with Gasteiger partial charge in [0.25, 0.3) is 0 Å². The molecule has 8 heteroatoms. The Morgan fingerprint density at radius 3 is 2.69 bits per heavy atom. The SMILES string of the molecule is CCS(=O)(=O)N1CCN[C@@H]2CS(=O)(=O)C[C@@H]21. The summed E-state index contributed by atoms with van der Waals surface area (Å²) in [5.74, 6) is 0.0214. The van der Waals surface area contributed by atoms with Crippen LogP contribution in [0.15, 0.2) is 0 Å². The summed E-state index contributed by atoms with van der Waals surface area (Å²) in [6.07, 6.45) is 0. The van der Waals surface area contributed by atoms with E-state index in [4.69, 9.17) is 0 Å². The average molecular weight is 268 g/mol. The molecular formula is C8H16N2O4S2. The Morgan fingerprint density at radius 1 is 1.38 bits per heavy atom. The zero-order valence-corrected chi connectivity index (χ0v) is 10.7. The molecule has 0 bridgehead atoms. The maximum Gasteiger partial charge on any atom is 0.214 e. The summed E-state index contributed by atoms with van der Waals surface area (Å²) in [7, 11) is -6.40. The number of nitrogens with zero attached hydrogens (tertiary/aromatic N) is 1. The van der Waals surface area contributed by atoms with E-state index >= 15 is 0 Å². The van der Waals surface area contributed by atoms with E-state index in [1.807, 2.05) is 0 Å². The van der Waals surface area contributed by atoms with E-state index in [0.717, 1.165) is 0 Å². The number of hydrogen-bond donors (Lipinski definition) is 1. The number of fused-ring (bicyclic) bond motifs is 1. The monoisotopic (exact) mass is 268 g/mol. The molecular weight excluding hydrogens is 252 g/mol. The van der Waals surface area contributed by atoms with E-state index in [0.29, 0.717) is 13.1 Å². The van der Waals surface area contributed by atoms with Gasteiger partial charge in [-0.2, -0.15) is 4.31 Å². The minimum absolute atomic E-state index is 0.0241. The molecule has 2 fully saturated rings. The molecule has 0 amide bonds. The molecule has 2 heterocycles. The Kier molecular flexibility index (Phi) is 3.02. The summed E-state index contributed by atoms with van der Waals surface area (Å²) in [5.41, 5.74) is 0. The topological polar surface area (TPSA) is 83.6 Å². The molecule has 0 aliphatic carbocycles. The highest BCUT2D eigenvalue weighted by molar-refractivity contribution is 7.92. The van der Waals surface area contributed by atoms with Gasteiger partial charge >= 0.3 is 0 Å². The minimum Gasteiger partial charge on any atom is -0.310 e. The van der Waals surface area contributed by atoms with E-state index < -0.39 is 25.9 Å². The van der Waals surface area contributed by atoms with Crippen LogP contribution < -0.4 is 5.32 Å². The second-order valence-electron chi connectivity index (χ2n) is 4.22. The Balaban J connectivity index is 2.30. The molecule has 6 nitrogen and oxygen atoms in total. The van der Waals surface area contributed by atoms with Crippen molar-refractivity contribution < 1.29 is 16.8 Å². The molecule has 2 saturated heterocycles. The summed E-state index contributed by atoms with van der Waals surface area (Å²) in [4.78, 5) is 0. The zero-order valence-electron chi connectivity index (χ0n) is 9.09. The maximum absolute atomic E-state index is 11.8. The van der Waals surface area contributed by atoms with Crippen molar-refractivity contribution in [2.45, 2.75) is 19.0 Å². The third-order valence-electron chi connectivity index (χ3n) is 3.15. The number of rotatable bonds is 2. The zero-order chi connectivity index (χ0) is 12.0. The van der Waals surface area contributed by atoms with Crippen LogP contribution >= 0.6 is 0 Å². The van der Waals surface area contributed by atoms with Crippen LogP contribution in [-0.2, 0) is 19.9 Å². The molecule has 0 unspecified atom stereocenters. The fraction of sp³-hybridized carbons (Fsp3) is 1.00. The normalized spacial score (nSPS) is 34.8. The lowest BCUT2D eigenvalue weighted by molar-refractivity contribution is 0.247. The van der Waals surface area contributed by atoms with Crippen molar-refractivity contribution in [2.24, 2.45) is 0 Å². The van der Waals surface area contributed by atoms with Crippen LogP contribution in [0.25, 0.3) is 0 Å². The Labute approximate surface area is 96.0 Å². The van der Waals surface area contributed by atoms with Gasteiger partial charge in [0.05, 0.1) is 23.3 Å². The van der Waals surface area contributed by atoms with Crippen molar-refractivity contribution in [2.75, 3.05) is 30.3 Å². The van der Waals surface area contributed by atoms with Gasteiger partial charge in [0.15, 0.2) is 9.84 Å². The molecule has 94 valence electrons. The molecule has 2 aliphatic rings. The lowest BCUT2D eigenvalue weighted by atomic mass is 10.1. The quantitative estimate of drug-likeness (QED) is 0.652. The lowest BCUT2D eigenvalue weighted by Gasteiger charge is -2.36. The van der Waals surface area contributed by atoms with Gasteiger partial charge < -0.3 is 5.32 Å². The number of sulfonamides is 1. The Morgan fingerprint density at radius 2 is 2.06 bits per heavy atom. The van der Waals surface area contributed by atoms with Crippen LogP contribution in [0, 0.1) is 0 Å². The van der Waals surface area contributed by atoms with Crippen LogP contribution in [0.3, 0.4) is 0 Å². The van der Waals surface area contributed by atoms with Crippen LogP contribution in [-0.4, -0.2) is 63.6 Å².